The van der Waals surface area contributed by atoms with Crippen LogP contribution in [0.15, 0.2) is 18.2 Å². The Balaban J connectivity index is 1.55. The van der Waals surface area contributed by atoms with E-state index >= 15 is 0 Å². The lowest BCUT2D eigenvalue weighted by Gasteiger charge is -2.20. The minimum Gasteiger partial charge on any atom is -0.508 e. The van der Waals surface area contributed by atoms with Crippen LogP contribution in [0.2, 0.25) is 0 Å². The van der Waals surface area contributed by atoms with Crippen molar-refractivity contribution in [3.05, 3.63) is 41.0 Å². The quantitative estimate of drug-likeness (QED) is 0.907. The molecule has 0 radical (unpaired) electrons. The zero-order valence-corrected chi connectivity index (χ0v) is 12.2. The summed E-state index contributed by atoms with van der Waals surface area (Å²) in [5, 5.41) is 21.9. The number of hydrogen-bond acceptors (Lipinski definition) is 4. The van der Waals surface area contributed by atoms with Crippen molar-refractivity contribution >= 4 is 0 Å². The molecule has 2 atom stereocenters. The van der Waals surface area contributed by atoms with E-state index in [4.69, 9.17) is 0 Å². The van der Waals surface area contributed by atoms with E-state index in [2.05, 4.69) is 27.0 Å². The summed E-state index contributed by atoms with van der Waals surface area (Å²) in [5.41, 5.74) is 2.56. The second-order valence-corrected chi connectivity index (χ2v) is 6.09. The monoisotopic (exact) mass is 284 g/mol. The lowest BCUT2D eigenvalue weighted by atomic mass is 10.1. The fourth-order valence-corrected chi connectivity index (χ4v) is 3.65. The zero-order chi connectivity index (χ0) is 14.4. The zero-order valence-electron chi connectivity index (χ0n) is 12.2. The molecule has 4 rings (SSSR count). The molecule has 2 aliphatic rings. The Morgan fingerprint density at radius 1 is 1.33 bits per heavy atom. The summed E-state index contributed by atoms with van der Waals surface area (Å²) in [4.78, 5) is 0. The SMILES string of the molecule is CC(NC1CCc2cc(O)ccc21)c1nnc2n1CCC2. The van der Waals surface area contributed by atoms with Crippen LogP contribution in [-0.4, -0.2) is 19.9 Å². The number of nitrogens with one attached hydrogen (secondary N) is 1. The van der Waals surface area contributed by atoms with E-state index in [9.17, 15) is 5.11 Å². The third kappa shape index (κ3) is 2.12. The van der Waals surface area contributed by atoms with Crippen molar-refractivity contribution in [2.75, 3.05) is 0 Å². The minimum atomic E-state index is 0.189. The molecule has 2 N–H and O–H groups in total. The fraction of sp³-hybridized carbons (Fsp3) is 0.500. The normalized spacial score (nSPS) is 21.3. The summed E-state index contributed by atoms with van der Waals surface area (Å²) in [5.74, 6) is 2.53. The second-order valence-electron chi connectivity index (χ2n) is 6.09. The molecular formula is C16H20N4O. The molecule has 1 aromatic heterocycles. The molecule has 0 amide bonds. The highest BCUT2D eigenvalue weighted by molar-refractivity contribution is 5.40. The Bertz CT molecular complexity index is 679. The molecule has 5 heteroatoms. The van der Waals surface area contributed by atoms with Crippen LogP contribution in [0, 0.1) is 0 Å². The number of aromatic hydroxyl groups is 1. The van der Waals surface area contributed by atoms with Gasteiger partial charge in [0, 0.05) is 19.0 Å². The van der Waals surface area contributed by atoms with Crippen LogP contribution in [0.3, 0.4) is 0 Å². The van der Waals surface area contributed by atoms with Gasteiger partial charge in [0.15, 0.2) is 0 Å². The largest absolute Gasteiger partial charge is 0.508 e. The van der Waals surface area contributed by atoms with Gasteiger partial charge in [-0.15, -0.1) is 10.2 Å². The predicted molar refractivity (Wildman–Crippen MR) is 79.1 cm³/mol. The first-order chi connectivity index (χ1) is 10.2. The summed E-state index contributed by atoms with van der Waals surface area (Å²) in [6.45, 7) is 3.20. The van der Waals surface area contributed by atoms with E-state index in [1.165, 1.54) is 17.5 Å². The lowest BCUT2D eigenvalue weighted by molar-refractivity contribution is 0.437. The van der Waals surface area contributed by atoms with E-state index < -0.39 is 0 Å². The van der Waals surface area contributed by atoms with Gasteiger partial charge in [-0.1, -0.05) is 6.07 Å². The minimum absolute atomic E-state index is 0.189. The van der Waals surface area contributed by atoms with E-state index in [1.54, 1.807) is 6.07 Å². The van der Waals surface area contributed by atoms with Gasteiger partial charge in [0.05, 0.1) is 6.04 Å². The number of phenols is 1. The van der Waals surface area contributed by atoms with Crippen molar-refractivity contribution < 1.29 is 5.11 Å². The number of hydrogen-bond donors (Lipinski definition) is 2. The number of rotatable bonds is 3. The average molecular weight is 284 g/mol. The molecule has 2 unspecified atom stereocenters. The molecule has 0 fully saturated rings. The first-order valence-electron chi connectivity index (χ1n) is 7.72. The third-order valence-electron chi connectivity index (χ3n) is 4.68. The molecule has 0 spiro atoms. The van der Waals surface area contributed by atoms with E-state index in [0.29, 0.717) is 11.8 Å². The smallest absolute Gasteiger partial charge is 0.149 e. The van der Waals surface area contributed by atoms with Crippen LogP contribution in [-0.2, 0) is 19.4 Å². The fourth-order valence-electron chi connectivity index (χ4n) is 3.65. The number of benzene rings is 1. The van der Waals surface area contributed by atoms with E-state index in [-0.39, 0.29) is 6.04 Å². The van der Waals surface area contributed by atoms with Crippen LogP contribution in [0.4, 0.5) is 0 Å². The van der Waals surface area contributed by atoms with E-state index in [1.807, 2.05) is 12.1 Å². The second kappa shape index (κ2) is 4.84. The Morgan fingerprint density at radius 2 is 2.24 bits per heavy atom. The maximum absolute atomic E-state index is 9.58. The van der Waals surface area contributed by atoms with E-state index in [0.717, 1.165) is 37.5 Å². The average Bonchev–Trinajstić information content (AvgIpc) is 3.13. The standard InChI is InChI=1S/C16H20N4O/c1-10(16-19-18-15-3-2-8-20(15)16)17-14-7-4-11-9-12(21)5-6-13(11)14/h5-6,9-10,14,17,21H,2-4,7-8H2,1H3. The van der Waals surface area contributed by atoms with Gasteiger partial charge in [0.25, 0.3) is 0 Å². The molecule has 0 saturated carbocycles. The molecule has 1 aliphatic carbocycles. The van der Waals surface area contributed by atoms with Crippen LogP contribution in [0.25, 0.3) is 0 Å². The molecule has 2 heterocycles. The van der Waals surface area contributed by atoms with Crippen molar-refractivity contribution in [2.24, 2.45) is 0 Å². The number of nitrogens with zero attached hydrogens (tertiary/aromatic N) is 3. The maximum Gasteiger partial charge on any atom is 0.149 e. The van der Waals surface area contributed by atoms with Crippen LogP contribution >= 0.6 is 0 Å². The number of aromatic nitrogens is 3. The Kier molecular flexibility index (Phi) is 2.96. The molecule has 1 aliphatic heterocycles. The Hall–Kier alpha value is -1.88. The summed E-state index contributed by atoms with van der Waals surface area (Å²) < 4.78 is 2.25. The van der Waals surface area contributed by atoms with Crippen molar-refractivity contribution in [2.45, 2.75) is 51.2 Å². The summed E-state index contributed by atoms with van der Waals surface area (Å²) in [6, 6.07) is 6.23. The van der Waals surface area contributed by atoms with Crippen molar-refractivity contribution in [1.82, 2.24) is 20.1 Å². The van der Waals surface area contributed by atoms with Gasteiger partial charge in [-0.25, -0.2) is 0 Å². The number of aryl methyl sites for hydroxylation is 2. The first-order valence-corrected chi connectivity index (χ1v) is 7.72. The molecule has 110 valence electrons. The molecule has 5 nitrogen and oxygen atoms in total. The van der Waals surface area contributed by atoms with Crippen LogP contribution < -0.4 is 5.32 Å². The molecule has 0 saturated heterocycles. The van der Waals surface area contributed by atoms with Crippen molar-refractivity contribution in [1.29, 1.82) is 0 Å². The van der Waals surface area contributed by atoms with Gasteiger partial charge >= 0.3 is 0 Å². The van der Waals surface area contributed by atoms with Gasteiger partial charge < -0.3 is 15.0 Å². The van der Waals surface area contributed by atoms with Crippen LogP contribution in [0.1, 0.15) is 54.6 Å². The highest BCUT2D eigenvalue weighted by Gasteiger charge is 2.27. The van der Waals surface area contributed by atoms with Gasteiger partial charge in [-0.05, 0) is 49.4 Å². The number of phenolic OH excluding ortho intramolecular Hbond substituents is 1. The highest BCUT2D eigenvalue weighted by Crippen LogP contribution is 2.35. The van der Waals surface area contributed by atoms with Crippen molar-refractivity contribution in [3.63, 3.8) is 0 Å². The lowest BCUT2D eigenvalue weighted by Crippen LogP contribution is -2.25. The van der Waals surface area contributed by atoms with Gasteiger partial charge in [0.1, 0.15) is 17.4 Å². The molecule has 1 aromatic carbocycles. The van der Waals surface area contributed by atoms with Crippen molar-refractivity contribution in [3.8, 4) is 5.75 Å². The summed E-state index contributed by atoms with van der Waals surface area (Å²) in [6.07, 6.45) is 4.32. The molecule has 0 bridgehead atoms. The number of fused-ring (bicyclic) bond motifs is 2. The summed E-state index contributed by atoms with van der Waals surface area (Å²) in [7, 11) is 0. The third-order valence-corrected chi connectivity index (χ3v) is 4.68. The van der Waals surface area contributed by atoms with Gasteiger partial charge in [-0.3, -0.25) is 0 Å². The first kappa shape index (κ1) is 12.8. The molecule has 2 aromatic rings. The highest BCUT2D eigenvalue weighted by atomic mass is 16.3. The van der Waals surface area contributed by atoms with Gasteiger partial charge in [-0.2, -0.15) is 0 Å². The van der Waals surface area contributed by atoms with Crippen LogP contribution in [0.5, 0.6) is 5.75 Å². The molecule has 21 heavy (non-hydrogen) atoms. The summed E-state index contributed by atoms with van der Waals surface area (Å²) >= 11 is 0. The Labute approximate surface area is 124 Å². The Morgan fingerprint density at radius 3 is 3.14 bits per heavy atom. The van der Waals surface area contributed by atoms with Gasteiger partial charge in [0.2, 0.25) is 0 Å². The topological polar surface area (TPSA) is 63.0 Å². The molecular weight excluding hydrogens is 264 g/mol. The maximum atomic E-state index is 9.58. The predicted octanol–water partition coefficient (Wildman–Crippen LogP) is 2.27.